The second kappa shape index (κ2) is 10.0. The number of carbonyl (C=O) groups excluding carboxylic acids is 2. The third kappa shape index (κ3) is 6.03. The molecule has 0 bridgehead atoms. The number of amides is 2. The fourth-order valence-corrected chi connectivity index (χ4v) is 3.01. The molecule has 6 heteroatoms. The first-order valence-electron chi connectivity index (χ1n) is 8.93. The molecule has 1 atom stereocenters. The van der Waals surface area contributed by atoms with Crippen LogP contribution < -0.4 is 15.4 Å². The quantitative estimate of drug-likeness (QED) is 0.667. The number of carbonyl (C=O) groups is 2. The highest BCUT2D eigenvalue weighted by Crippen LogP contribution is 2.20. The largest absolute Gasteiger partial charge is 0.494 e. The predicted octanol–water partition coefficient (Wildman–Crippen LogP) is 4.20. The van der Waals surface area contributed by atoms with Gasteiger partial charge in [0.15, 0.2) is 0 Å². The lowest BCUT2D eigenvalue weighted by molar-refractivity contribution is -0.118. The molecule has 0 aliphatic heterocycles. The van der Waals surface area contributed by atoms with Gasteiger partial charge >= 0.3 is 0 Å². The molecular formula is C21H26N2O3S. The van der Waals surface area contributed by atoms with E-state index < -0.39 is 6.04 Å². The average molecular weight is 387 g/mol. The predicted molar refractivity (Wildman–Crippen MR) is 111 cm³/mol. The van der Waals surface area contributed by atoms with Crippen molar-refractivity contribution in [2.24, 2.45) is 5.92 Å². The molecule has 0 heterocycles. The van der Waals surface area contributed by atoms with Crippen LogP contribution in [-0.4, -0.2) is 30.7 Å². The Kier molecular flexibility index (Phi) is 7.73. The number of rotatable bonds is 8. The van der Waals surface area contributed by atoms with Crippen molar-refractivity contribution in [2.75, 3.05) is 18.2 Å². The maximum atomic E-state index is 12.7. The minimum atomic E-state index is -0.637. The van der Waals surface area contributed by atoms with Crippen molar-refractivity contribution in [2.45, 2.75) is 31.7 Å². The van der Waals surface area contributed by atoms with E-state index in [2.05, 4.69) is 10.6 Å². The summed E-state index contributed by atoms with van der Waals surface area (Å²) in [5.74, 6) is 0.133. The molecular weight excluding hydrogens is 360 g/mol. The van der Waals surface area contributed by atoms with Crippen molar-refractivity contribution in [3.8, 4) is 5.75 Å². The number of ether oxygens (including phenoxy) is 1. The monoisotopic (exact) mass is 386 g/mol. The molecule has 2 aromatic carbocycles. The van der Waals surface area contributed by atoms with Gasteiger partial charge in [0, 0.05) is 16.1 Å². The molecule has 0 spiro atoms. The van der Waals surface area contributed by atoms with Crippen molar-refractivity contribution in [3.05, 3.63) is 54.1 Å². The number of hydrogen-bond donors (Lipinski definition) is 2. The molecule has 27 heavy (non-hydrogen) atoms. The molecule has 0 saturated carbocycles. The van der Waals surface area contributed by atoms with Crippen LogP contribution in [-0.2, 0) is 4.79 Å². The SMILES string of the molecule is CCOc1ccc(C(=O)N[C@H](C(=O)Nc2cccc(SC)c2)C(C)C)cc1. The van der Waals surface area contributed by atoms with E-state index in [1.165, 1.54) is 0 Å². The minimum Gasteiger partial charge on any atom is -0.494 e. The van der Waals surface area contributed by atoms with Gasteiger partial charge in [-0.15, -0.1) is 11.8 Å². The van der Waals surface area contributed by atoms with Crippen molar-refractivity contribution >= 4 is 29.3 Å². The van der Waals surface area contributed by atoms with Crippen LogP contribution in [0, 0.1) is 5.92 Å². The third-order valence-corrected chi connectivity index (χ3v) is 4.73. The van der Waals surface area contributed by atoms with Crippen molar-refractivity contribution in [1.29, 1.82) is 0 Å². The molecule has 144 valence electrons. The molecule has 0 aliphatic rings. The zero-order valence-corrected chi connectivity index (χ0v) is 16.9. The van der Waals surface area contributed by atoms with E-state index in [9.17, 15) is 9.59 Å². The van der Waals surface area contributed by atoms with Crippen molar-refractivity contribution in [3.63, 3.8) is 0 Å². The van der Waals surface area contributed by atoms with Crippen molar-refractivity contribution < 1.29 is 14.3 Å². The van der Waals surface area contributed by atoms with E-state index >= 15 is 0 Å². The average Bonchev–Trinajstić information content (AvgIpc) is 2.66. The molecule has 0 aromatic heterocycles. The van der Waals surface area contributed by atoms with E-state index in [1.54, 1.807) is 36.0 Å². The number of hydrogen-bond acceptors (Lipinski definition) is 4. The van der Waals surface area contributed by atoms with E-state index in [0.29, 0.717) is 23.6 Å². The lowest BCUT2D eigenvalue weighted by Gasteiger charge is -2.22. The van der Waals surface area contributed by atoms with Gasteiger partial charge in [-0.3, -0.25) is 9.59 Å². The van der Waals surface area contributed by atoms with Crippen LogP contribution in [0.1, 0.15) is 31.1 Å². The van der Waals surface area contributed by atoms with Crippen LogP contribution in [0.15, 0.2) is 53.4 Å². The molecule has 0 saturated heterocycles. The summed E-state index contributed by atoms with van der Waals surface area (Å²) >= 11 is 1.61. The first-order valence-corrected chi connectivity index (χ1v) is 10.2. The Morgan fingerprint density at radius 1 is 1.11 bits per heavy atom. The maximum absolute atomic E-state index is 12.7. The lowest BCUT2D eigenvalue weighted by Crippen LogP contribution is -2.47. The van der Waals surface area contributed by atoms with E-state index in [1.807, 2.05) is 51.3 Å². The fraction of sp³-hybridized carbons (Fsp3) is 0.333. The molecule has 0 unspecified atom stereocenters. The number of benzene rings is 2. The fourth-order valence-electron chi connectivity index (χ4n) is 2.55. The summed E-state index contributed by atoms with van der Waals surface area (Å²) in [5.41, 5.74) is 1.20. The van der Waals surface area contributed by atoms with E-state index in [-0.39, 0.29) is 17.7 Å². The number of nitrogens with one attached hydrogen (secondary N) is 2. The summed E-state index contributed by atoms with van der Waals surface area (Å²) < 4.78 is 5.39. The van der Waals surface area contributed by atoms with E-state index in [0.717, 1.165) is 4.90 Å². The summed E-state index contributed by atoms with van der Waals surface area (Å²) in [7, 11) is 0. The van der Waals surface area contributed by atoms with Crippen LogP contribution in [0.2, 0.25) is 0 Å². The molecule has 2 amide bonds. The normalized spacial score (nSPS) is 11.7. The lowest BCUT2D eigenvalue weighted by atomic mass is 10.0. The molecule has 0 fully saturated rings. The Labute approximate surface area is 164 Å². The summed E-state index contributed by atoms with van der Waals surface area (Å²) in [4.78, 5) is 26.3. The van der Waals surface area contributed by atoms with Crippen LogP contribution in [0.3, 0.4) is 0 Å². The van der Waals surface area contributed by atoms with E-state index in [4.69, 9.17) is 4.74 Å². The van der Waals surface area contributed by atoms with Gasteiger partial charge in [0.25, 0.3) is 5.91 Å². The first kappa shape index (κ1) is 20.8. The molecule has 5 nitrogen and oxygen atoms in total. The highest BCUT2D eigenvalue weighted by atomic mass is 32.2. The summed E-state index contributed by atoms with van der Waals surface area (Å²) in [6.45, 7) is 6.28. The Balaban J connectivity index is 2.07. The standard InChI is InChI=1S/C21H26N2O3S/c1-5-26-17-11-9-15(10-12-17)20(24)23-19(14(2)3)21(25)22-16-7-6-8-18(13-16)27-4/h6-14,19H,5H2,1-4H3,(H,22,25)(H,23,24)/t19-/m0/s1. The Bertz CT molecular complexity index is 775. The number of anilines is 1. The third-order valence-electron chi connectivity index (χ3n) is 4.00. The highest BCUT2D eigenvalue weighted by Gasteiger charge is 2.25. The zero-order valence-electron chi connectivity index (χ0n) is 16.1. The van der Waals surface area contributed by atoms with Gasteiger partial charge in [-0.05, 0) is 61.6 Å². The van der Waals surface area contributed by atoms with Gasteiger partial charge in [0.2, 0.25) is 5.91 Å². The maximum Gasteiger partial charge on any atom is 0.251 e. The van der Waals surface area contributed by atoms with Gasteiger partial charge in [0.1, 0.15) is 11.8 Å². The smallest absolute Gasteiger partial charge is 0.251 e. The van der Waals surface area contributed by atoms with Gasteiger partial charge < -0.3 is 15.4 Å². The number of thioether (sulfide) groups is 1. The molecule has 0 radical (unpaired) electrons. The Morgan fingerprint density at radius 2 is 1.81 bits per heavy atom. The molecule has 2 rings (SSSR count). The Hall–Kier alpha value is -2.47. The van der Waals surface area contributed by atoms with Crippen LogP contribution in [0.25, 0.3) is 0 Å². The second-order valence-corrected chi connectivity index (χ2v) is 7.25. The van der Waals surface area contributed by atoms with Crippen LogP contribution in [0.4, 0.5) is 5.69 Å². The minimum absolute atomic E-state index is 0.0552. The summed E-state index contributed by atoms with van der Waals surface area (Å²) in [6, 6.07) is 13.9. The molecule has 2 N–H and O–H groups in total. The Morgan fingerprint density at radius 3 is 2.41 bits per heavy atom. The van der Waals surface area contributed by atoms with Gasteiger partial charge in [-0.1, -0.05) is 19.9 Å². The summed E-state index contributed by atoms with van der Waals surface area (Å²) in [5, 5.41) is 5.73. The van der Waals surface area contributed by atoms with Gasteiger partial charge in [-0.2, -0.15) is 0 Å². The van der Waals surface area contributed by atoms with Gasteiger partial charge in [0.05, 0.1) is 6.61 Å². The molecule has 0 aliphatic carbocycles. The van der Waals surface area contributed by atoms with Crippen LogP contribution in [0.5, 0.6) is 5.75 Å². The summed E-state index contributed by atoms with van der Waals surface area (Å²) in [6.07, 6.45) is 1.98. The zero-order chi connectivity index (χ0) is 19.8. The van der Waals surface area contributed by atoms with Crippen LogP contribution >= 0.6 is 11.8 Å². The first-order chi connectivity index (χ1) is 12.9. The van der Waals surface area contributed by atoms with Gasteiger partial charge in [-0.25, -0.2) is 0 Å². The topological polar surface area (TPSA) is 67.4 Å². The van der Waals surface area contributed by atoms with Crippen molar-refractivity contribution in [1.82, 2.24) is 5.32 Å². The second-order valence-electron chi connectivity index (χ2n) is 6.37. The highest BCUT2D eigenvalue weighted by molar-refractivity contribution is 7.98. The molecule has 2 aromatic rings.